The van der Waals surface area contributed by atoms with Gasteiger partial charge in [0.1, 0.15) is 0 Å². The van der Waals surface area contributed by atoms with Crippen molar-refractivity contribution < 1.29 is 0 Å². The summed E-state index contributed by atoms with van der Waals surface area (Å²) >= 11 is 0. The Morgan fingerprint density at radius 1 is 0.821 bits per heavy atom. The van der Waals surface area contributed by atoms with Gasteiger partial charge >= 0.3 is 0 Å². The van der Waals surface area contributed by atoms with Crippen molar-refractivity contribution in [1.29, 1.82) is 0 Å². The molecular formula is C25H43N3. The number of nitrogens with zero attached hydrogens (tertiary/aromatic N) is 3. The van der Waals surface area contributed by atoms with Crippen LogP contribution in [-0.4, -0.2) is 40.0 Å². The minimum absolute atomic E-state index is 0.509. The fraction of sp³-hybridized carbons (Fsp3) is 0.800. The van der Waals surface area contributed by atoms with Crippen LogP contribution in [0, 0.1) is 11.8 Å². The molecular weight excluding hydrogens is 342 g/mol. The Hall–Kier alpha value is -0.930. The second-order valence-corrected chi connectivity index (χ2v) is 9.82. The van der Waals surface area contributed by atoms with Crippen LogP contribution >= 0.6 is 0 Å². The van der Waals surface area contributed by atoms with Crippen molar-refractivity contribution in [3.05, 3.63) is 29.6 Å². The third kappa shape index (κ3) is 5.16. The van der Waals surface area contributed by atoms with E-state index in [1.807, 2.05) is 0 Å². The molecule has 3 nitrogen and oxygen atoms in total. The molecule has 2 fully saturated rings. The summed E-state index contributed by atoms with van der Waals surface area (Å²) in [5.41, 5.74) is 2.64. The fourth-order valence-corrected chi connectivity index (χ4v) is 4.84. The second-order valence-electron chi connectivity index (χ2n) is 9.82. The van der Waals surface area contributed by atoms with Crippen LogP contribution in [0.25, 0.3) is 0 Å². The Morgan fingerprint density at radius 3 is 1.57 bits per heavy atom. The van der Waals surface area contributed by atoms with Gasteiger partial charge in [0.25, 0.3) is 0 Å². The lowest BCUT2D eigenvalue weighted by Crippen LogP contribution is -2.20. The van der Waals surface area contributed by atoms with Crippen molar-refractivity contribution in [3.8, 4) is 0 Å². The summed E-state index contributed by atoms with van der Waals surface area (Å²) in [5.74, 6) is 1.49. The summed E-state index contributed by atoms with van der Waals surface area (Å²) in [7, 11) is 0. The number of unbranched alkanes of at least 4 members (excludes halogenated alkanes) is 2. The van der Waals surface area contributed by atoms with E-state index in [0.717, 1.165) is 23.9 Å². The van der Waals surface area contributed by atoms with Crippen LogP contribution in [0.5, 0.6) is 0 Å². The highest BCUT2D eigenvalue weighted by molar-refractivity contribution is 5.20. The standard InChI is InChI=1S/C25H43N3/c1-7-9-14-22(27-16-24(27)18(3)4)20-12-11-13-21(26-20)23(15-10-8-2)28-17-25(28)19(5)6/h11-13,18-19,22-25H,7-10,14-17H2,1-6H3/t22-,23-,24+,25+,27?,28?/m0/s1. The number of rotatable bonds is 12. The molecule has 2 saturated heterocycles. The molecule has 0 saturated carbocycles. The molecule has 1 aromatic rings. The number of hydrogen-bond donors (Lipinski definition) is 0. The maximum Gasteiger partial charge on any atom is 0.0579 e. The largest absolute Gasteiger partial charge is 0.289 e. The quantitative estimate of drug-likeness (QED) is 0.398. The summed E-state index contributed by atoms with van der Waals surface area (Å²) in [6.45, 7) is 16.5. The van der Waals surface area contributed by atoms with Crippen LogP contribution in [0.1, 0.15) is 104 Å². The molecule has 3 heteroatoms. The first-order valence-corrected chi connectivity index (χ1v) is 12.0. The molecule has 158 valence electrons. The van der Waals surface area contributed by atoms with Crippen molar-refractivity contribution in [2.24, 2.45) is 11.8 Å². The van der Waals surface area contributed by atoms with Crippen molar-refractivity contribution in [2.75, 3.05) is 13.1 Å². The van der Waals surface area contributed by atoms with Gasteiger partial charge in [0.05, 0.1) is 23.5 Å². The molecule has 1 aromatic heterocycles. The molecule has 0 spiro atoms. The lowest BCUT2D eigenvalue weighted by atomic mass is 10.0. The fourth-order valence-electron chi connectivity index (χ4n) is 4.84. The van der Waals surface area contributed by atoms with Crippen LogP contribution in [0.2, 0.25) is 0 Å². The van der Waals surface area contributed by atoms with Gasteiger partial charge in [-0.05, 0) is 36.8 Å². The average molecular weight is 386 g/mol. The first kappa shape index (κ1) is 21.8. The van der Waals surface area contributed by atoms with Gasteiger partial charge in [-0.15, -0.1) is 0 Å². The molecule has 2 aliphatic rings. The molecule has 0 N–H and O–H groups in total. The van der Waals surface area contributed by atoms with Gasteiger partial charge in [0.15, 0.2) is 0 Å². The maximum atomic E-state index is 5.31. The van der Waals surface area contributed by atoms with Crippen LogP contribution in [-0.2, 0) is 0 Å². The zero-order valence-corrected chi connectivity index (χ0v) is 19.2. The first-order valence-electron chi connectivity index (χ1n) is 12.0. The van der Waals surface area contributed by atoms with E-state index in [9.17, 15) is 0 Å². The highest BCUT2D eigenvalue weighted by Gasteiger charge is 2.44. The Morgan fingerprint density at radius 2 is 1.25 bits per heavy atom. The molecule has 3 rings (SSSR count). The maximum absolute atomic E-state index is 5.31. The second kappa shape index (κ2) is 9.71. The lowest BCUT2D eigenvalue weighted by molar-refractivity contribution is 0.306. The highest BCUT2D eigenvalue weighted by Crippen LogP contribution is 2.41. The van der Waals surface area contributed by atoms with Crippen molar-refractivity contribution in [2.45, 2.75) is 104 Å². The van der Waals surface area contributed by atoms with E-state index >= 15 is 0 Å². The summed E-state index contributed by atoms with van der Waals surface area (Å²) in [5, 5.41) is 0. The van der Waals surface area contributed by atoms with Gasteiger partial charge < -0.3 is 0 Å². The van der Waals surface area contributed by atoms with Gasteiger partial charge in [0, 0.05) is 25.2 Å². The van der Waals surface area contributed by atoms with Crippen molar-refractivity contribution in [1.82, 2.24) is 14.8 Å². The summed E-state index contributed by atoms with van der Waals surface area (Å²) in [6.07, 6.45) is 7.60. The smallest absolute Gasteiger partial charge is 0.0579 e. The predicted octanol–water partition coefficient (Wildman–Crippen LogP) is 6.22. The molecule has 2 aliphatic heterocycles. The van der Waals surface area contributed by atoms with E-state index in [4.69, 9.17) is 4.98 Å². The molecule has 0 bridgehead atoms. The number of pyridine rings is 1. The Kier molecular flexibility index (Phi) is 7.55. The first-order chi connectivity index (χ1) is 13.5. The molecule has 0 aromatic carbocycles. The van der Waals surface area contributed by atoms with Gasteiger partial charge in [-0.3, -0.25) is 14.8 Å². The molecule has 0 aliphatic carbocycles. The molecule has 6 atom stereocenters. The molecule has 0 amide bonds. The Bertz CT molecular complexity index is 562. The van der Waals surface area contributed by atoms with Crippen LogP contribution < -0.4 is 0 Å². The van der Waals surface area contributed by atoms with Crippen LogP contribution in [0.3, 0.4) is 0 Å². The van der Waals surface area contributed by atoms with Gasteiger partial charge in [-0.2, -0.15) is 0 Å². The van der Waals surface area contributed by atoms with Crippen molar-refractivity contribution >= 4 is 0 Å². The monoisotopic (exact) mass is 385 g/mol. The topological polar surface area (TPSA) is 18.9 Å². The Balaban J connectivity index is 1.79. The molecule has 3 heterocycles. The number of aromatic nitrogens is 1. The van der Waals surface area contributed by atoms with E-state index < -0.39 is 0 Å². The van der Waals surface area contributed by atoms with E-state index in [1.165, 1.54) is 63.0 Å². The zero-order valence-electron chi connectivity index (χ0n) is 19.2. The van der Waals surface area contributed by atoms with Gasteiger partial charge in [-0.1, -0.05) is 73.3 Å². The minimum atomic E-state index is 0.509. The van der Waals surface area contributed by atoms with E-state index in [0.29, 0.717) is 12.1 Å². The van der Waals surface area contributed by atoms with E-state index in [1.54, 1.807) is 0 Å². The third-order valence-corrected chi connectivity index (χ3v) is 6.86. The predicted molar refractivity (Wildman–Crippen MR) is 119 cm³/mol. The van der Waals surface area contributed by atoms with Gasteiger partial charge in [-0.25, -0.2) is 0 Å². The van der Waals surface area contributed by atoms with Crippen LogP contribution in [0.4, 0.5) is 0 Å². The van der Waals surface area contributed by atoms with Crippen molar-refractivity contribution in [3.63, 3.8) is 0 Å². The normalized spacial score (nSPS) is 28.6. The molecule has 0 radical (unpaired) electrons. The number of hydrogen-bond acceptors (Lipinski definition) is 3. The molecule has 28 heavy (non-hydrogen) atoms. The molecule has 2 unspecified atom stereocenters. The lowest BCUT2D eigenvalue weighted by Gasteiger charge is -2.24. The zero-order chi connectivity index (χ0) is 20.3. The minimum Gasteiger partial charge on any atom is -0.289 e. The van der Waals surface area contributed by atoms with E-state index in [2.05, 4.69) is 69.5 Å². The van der Waals surface area contributed by atoms with Gasteiger partial charge in [0.2, 0.25) is 0 Å². The Labute approximate surface area is 173 Å². The summed E-state index contributed by atoms with van der Waals surface area (Å²) < 4.78 is 0. The third-order valence-electron chi connectivity index (χ3n) is 6.86. The summed E-state index contributed by atoms with van der Waals surface area (Å²) in [4.78, 5) is 10.7. The average Bonchev–Trinajstić information content (AvgIpc) is 3.57. The highest BCUT2D eigenvalue weighted by atomic mass is 15.3. The van der Waals surface area contributed by atoms with E-state index in [-0.39, 0.29) is 0 Å². The summed E-state index contributed by atoms with van der Waals surface area (Å²) in [6, 6.07) is 9.37. The SMILES string of the molecule is CCCC[C@@H](c1cccc([C@H](CCCC)N2C[C@@H]2C(C)C)n1)N1C[C@@H]1C(C)C. The van der Waals surface area contributed by atoms with Crippen LogP contribution in [0.15, 0.2) is 18.2 Å².